The lowest BCUT2D eigenvalue weighted by molar-refractivity contribution is -0.128. The molecule has 0 saturated heterocycles. The van der Waals surface area contributed by atoms with E-state index in [0.717, 1.165) is 5.56 Å². The molecule has 0 heterocycles. The Hall–Kier alpha value is -1.88. The average molecular weight is 277 g/mol. The normalized spacial score (nSPS) is 13.4. The molecule has 0 radical (unpaired) electrons. The van der Waals surface area contributed by atoms with Crippen LogP contribution in [0, 0.1) is 0 Å². The average Bonchev–Trinajstić information content (AvgIpc) is 2.40. The molecule has 0 saturated carbocycles. The van der Waals surface area contributed by atoms with E-state index in [9.17, 15) is 9.59 Å². The van der Waals surface area contributed by atoms with Crippen LogP contribution in [0.15, 0.2) is 24.3 Å². The number of nitrogens with one attached hydrogen (secondary N) is 1. The zero-order valence-electron chi connectivity index (χ0n) is 12.6. The first-order valence-electron chi connectivity index (χ1n) is 6.65. The zero-order valence-corrected chi connectivity index (χ0v) is 12.6. The van der Waals surface area contributed by atoms with Gasteiger partial charge in [-0.2, -0.15) is 0 Å². The molecular weight excluding hydrogens is 254 g/mol. The molecule has 0 aromatic heterocycles. The summed E-state index contributed by atoms with van der Waals surface area (Å²) in [7, 11) is 3.45. The standard InChI is InChI=1S/C15H23N3O2/c1-5-15(2,16)14(20)17-12-8-6-11(7-9-12)10-13(19)18(3)4/h6-9H,5,10,16H2,1-4H3,(H,17,20). The summed E-state index contributed by atoms with van der Waals surface area (Å²) in [6.45, 7) is 3.57. The van der Waals surface area contributed by atoms with Gasteiger partial charge in [0.25, 0.3) is 0 Å². The van der Waals surface area contributed by atoms with Crippen molar-refractivity contribution in [3.63, 3.8) is 0 Å². The number of carbonyl (C=O) groups is 2. The first-order chi connectivity index (χ1) is 9.26. The first kappa shape index (κ1) is 16.2. The largest absolute Gasteiger partial charge is 0.349 e. The number of hydrogen-bond acceptors (Lipinski definition) is 3. The Kier molecular flexibility index (Phi) is 5.27. The highest BCUT2D eigenvalue weighted by Crippen LogP contribution is 2.14. The summed E-state index contributed by atoms with van der Waals surface area (Å²) in [5.74, 6) is -0.167. The Morgan fingerprint density at radius 2 is 1.80 bits per heavy atom. The summed E-state index contributed by atoms with van der Waals surface area (Å²) in [6, 6.07) is 7.22. The molecule has 1 unspecified atom stereocenters. The van der Waals surface area contributed by atoms with Crippen LogP contribution in [0.1, 0.15) is 25.8 Å². The maximum atomic E-state index is 11.9. The third kappa shape index (κ3) is 4.35. The number of nitrogens with two attached hydrogens (primary N) is 1. The zero-order chi connectivity index (χ0) is 15.3. The van der Waals surface area contributed by atoms with Gasteiger partial charge in [-0.05, 0) is 31.0 Å². The predicted molar refractivity (Wildman–Crippen MR) is 80.4 cm³/mol. The van der Waals surface area contributed by atoms with Gasteiger partial charge in [-0.15, -0.1) is 0 Å². The number of carbonyl (C=O) groups excluding carboxylic acids is 2. The summed E-state index contributed by atoms with van der Waals surface area (Å²) in [5, 5.41) is 2.78. The van der Waals surface area contributed by atoms with Crippen molar-refractivity contribution in [2.75, 3.05) is 19.4 Å². The Bertz CT molecular complexity index is 478. The van der Waals surface area contributed by atoms with Crippen LogP contribution in [-0.4, -0.2) is 36.3 Å². The quantitative estimate of drug-likeness (QED) is 0.854. The van der Waals surface area contributed by atoms with Gasteiger partial charge in [0.15, 0.2) is 0 Å². The van der Waals surface area contributed by atoms with E-state index in [2.05, 4.69) is 5.32 Å². The lowest BCUT2D eigenvalue weighted by Gasteiger charge is -2.21. The van der Waals surface area contributed by atoms with Crippen molar-refractivity contribution in [1.82, 2.24) is 4.90 Å². The van der Waals surface area contributed by atoms with E-state index in [1.165, 1.54) is 0 Å². The molecule has 0 aliphatic rings. The van der Waals surface area contributed by atoms with Crippen LogP contribution in [-0.2, 0) is 16.0 Å². The van der Waals surface area contributed by atoms with E-state index < -0.39 is 5.54 Å². The molecule has 1 aromatic carbocycles. The monoisotopic (exact) mass is 277 g/mol. The number of benzene rings is 1. The van der Waals surface area contributed by atoms with Crippen molar-refractivity contribution in [3.8, 4) is 0 Å². The van der Waals surface area contributed by atoms with Crippen LogP contribution in [0.25, 0.3) is 0 Å². The highest BCUT2D eigenvalue weighted by Gasteiger charge is 2.25. The van der Waals surface area contributed by atoms with E-state index in [1.54, 1.807) is 38.1 Å². The van der Waals surface area contributed by atoms with Crippen molar-refractivity contribution in [3.05, 3.63) is 29.8 Å². The fourth-order valence-corrected chi connectivity index (χ4v) is 1.47. The van der Waals surface area contributed by atoms with Gasteiger partial charge in [0, 0.05) is 19.8 Å². The van der Waals surface area contributed by atoms with Gasteiger partial charge in [-0.1, -0.05) is 19.1 Å². The number of amides is 2. The summed E-state index contributed by atoms with van der Waals surface area (Å²) in [6.07, 6.45) is 0.916. The minimum absolute atomic E-state index is 0.0438. The topological polar surface area (TPSA) is 75.4 Å². The lowest BCUT2D eigenvalue weighted by atomic mass is 9.99. The summed E-state index contributed by atoms with van der Waals surface area (Å²) in [4.78, 5) is 25.1. The van der Waals surface area contributed by atoms with Crippen molar-refractivity contribution in [2.24, 2.45) is 5.73 Å². The van der Waals surface area contributed by atoms with Gasteiger partial charge in [0.1, 0.15) is 0 Å². The number of hydrogen-bond donors (Lipinski definition) is 2. The molecule has 110 valence electrons. The third-order valence-electron chi connectivity index (χ3n) is 3.32. The molecule has 0 bridgehead atoms. The maximum absolute atomic E-state index is 11.9. The smallest absolute Gasteiger partial charge is 0.244 e. The Morgan fingerprint density at radius 1 is 1.25 bits per heavy atom. The van der Waals surface area contributed by atoms with Gasteiger partial charge in [0.2, 0.25) is 11.8 Å². The van der Waals surface area contributed by atoms with Gasteiger partial charge < -0.3 is 16.0 Å². The lowest BCUT2D eigenvalue weighted by Crippen LogP contribution is -2.47. The van der Waals surface area contributed by atoms with Crippen molar-refractivity contribution >= 4 is 17.5 Å². The summed E-state index contributed by atoms with van der Waals surface area (Å²) >= 11 is 0. The molecule has 0 fully saturated rings. The molecule has 5 heteroatoms. The van der Waals surface area contributed by atoms with Crippen molar-refractivity contribution in [1.29, 1.82) is 0 Å². The highest BCUT2D eigenvalue weighted by molar-refractivity contribution is 5.97. The number of anilines is 1. The van der Waals surface area contributed by atoms with Crippen LogP contribution in [0.5, 0.6) is 0 Å². The molecule has 0 aliphatic carbocycles. The second-order valence-electron chi connectivity index (χ2n) is 5.39. The number of rotatable bonds is 5. The number of nitrogens with zero attached hydrogens (tertiary/aromatic N) is 1. The minimum Gasteiger partial charge on any atom is -0.349 e. The summed E-state index contributed by atoms with van der Waals surface area (Å²) < 4.78 is 0. The van der Waals surface area contributed by atoms with E-state index in [1.807, 2.05) is 19.1 Å². The minimum atomic E-state index is -0.875. The van der Waals surface area contributed by atoms with Gasteiger partial charge in [-0.25, -0.2) is 0 Å². The van der Waals surface area contributed by atoms with E-state index in [4.69, 9.17) is 5.73 Å². The molecular formula is C15H23N3O2. The fraction of sp³-hybridized carbons (Fsp3) is 0.467. The fourth-order valence-electron chi connectivity index (χ4n) is 1.47. The molecule has 0 aliphatic heterocycles. The molecule has 1 aromatic rings. The second-order valence-corrected chi connectivity index (χ2v) is 5.39. The third-order valence-corrected chi connectivity index (χ3v) is 3.32. The van der Waals surface area contributed by atoms with Crippen LogP contribution in [0.4, 0.5) is 5.69 Å². The maximum Gasteiger partial charge on any atom is 0.244 e. The molecule has 0 spiro atoms. The van der Waals surface area contributed by atoms with Crippen molar-refractivity contribution in [2.45, 2.75) is 32.2 Å². The molecule has 20 heavy (non-hydrogen) atoms. The van der Waals surface area contributed by atoms with Crippen LogP contribution < -0.4 is 11.1 Å². The van der Waals surface area contributed by atoms with Gasteiger partial charge >= 0.3 is 0 Å². The van der Waals surface area contributed by atoms with Gasteiger partial charge in [-0.3, -0.25) is 9.59 Å². The van der Waals surface area contributed by atoms with Crippen LogP contribution in [0.2, 0.25) is 0 Å². The highest BCUT2D eigenvalue weighted by atomic mass is 16.2. The first-order valence-corrected chi connectivity index (χ1v) is 6.65. The molecule has 3 N–H and O–H groups in total. The molecule has 1 rings (SSSR count). The van der Waals surface area contributed by atoms with Crippen LogP contribution in [0.3, 0.4) is 0 Å². The number of likely N-dealkylation sites (N-methyl/N-ethyl adjacent to an activating group) is 1. The van der Waals surface area contributed by atoms with E-state index in [-0.39, 0.29) is 11.8 Å². The SMILES string of the molecule is CCC(C)(N)C(=O)Nc1ccc(CC(=O)N(C)C)cc1. The predicted octanol–water partition coefficient (Wildman–Crippen LogP) is 1.38. The molecule has 5 nitrogen and oxygen atoms in total. The van der Waals surface area contributed by atoms with Crippen LogP contribution >= 0.6 is 0 Å². The second kappa shape index (κ2) is 6.52. The van der Waals surface area contributed by atoms with E-state index in [0.29, 0.717) is 18.5 Å². The summed E-state index contributed by atoms with van der Waals surface area (Å²) in [5.41, 5.74) is 6.59. The Balaban J connectivity index is 2.68. The Labute approximate surface area is 120 Å². The molecule has 2 amide bonds. The molecule has 1 atom stereocenters. The van der Waals surface area contributed by atoms with Gasteiger partial charge in [0.05, 0.1) is 12.0 Å². The van der Waals surface area contributed by atoms with E-state index >= 15 is 0 Å². The Morgan fingerprint density at radius 3 is 2.25 bits per heavy atom. The van der Waals surface area contributed by atoms with Crippen molar-refractivity contribution < 1.29 is 9.59 Å².